The Labute approximate surface area is 150 Å². The molecular formula is C17H20N8O. The molecule has 0 unspecified atom stereocenters. The Morgan fingerprint density at radius 3 is 2.92 bits per heavy atom. The molecule has 26 heavy (non-hydrogen) atoms. The summed E-state index contributed by atoms with van der Waals surface area (Å²) in [6.07, 6.45) is 0. The quantitative estimate of drug-likeness (QED) is 0.679. The van der Waals surface area contributed by atoms with E-state index < -0.39 is 6.04 Å². The number of aryl methyl sites for hydroxylation is 1. The summed E-state index contributed by atoms with van der Waals surface area (Å²) in [5.74, 6) is 0.410. The molecule has 0 bridgehead atoms. The highest BCUT2D eigenvalue weighted by molar-refractivity contribution is 5.83. The van der Waals surface area contributed by atoms with Crippen LogP contribution in [0.5, 0.6) is 0 Å². The fourth-order valence-electron chi connectivity index (χ4n) is 3.13. The average molecular weight is 352 g/mol. The van der Waals surface area contributed by atoms with Crippen molar-refractivity contribution in [2.45, 2.75) is 32.6 Å². The van der Waals surface area contributed by atoms with Crippen LogP contribution in [0.3, 0.4) is 0 Å². The maximum Gasteiger partial charge on any atom is 0.249 e. The molecule has 4 rings (SSSR count). The molecule has 2 aromatic heterocycles. The van der Waals surface area contributed by atoms with Crippen molar-refractivity contribution in [1.82, 2.24) is 40.6 Å². The molecule has 0 radical (unpaired) electrons. The molecule has 3 heterocycles. The minimum Gasteiger partial charge on any atom is -0.348 e. The maximum atomic E-state index is 12.9. The molecular weight excluding hydrogens is 332 g/mol. The predicted molar refractivity (Wildman–Crippen MR) is 92.9 cm³/mol. The van der Waals surface area contributed by atoms with E-state index in [1.54, 1.807) is 6.92 Å². The second kappa shape index (κ2) is 7.04. The summed E-state index contributed by atoms with van der Waals surface area (Å²) >= 11 is 0. The van der Waals surface area contributed by atoms with Crippen LogP contribution in [0.1, 0.15) is 28.8 Å². The molecule has 1 aliphatic heterocycles. The zero-order valence-electron chi connectivity index (χ0n) is 14.5. The number of carbonyl (C=O) groups excluding carboxylic acids is 1. The lowest BCUT2D eigenvalue weighted by molar-refractivity contribution is -0.123. The van der Waals surface area contributed by atoms with Crippen molar-refractivity contribution in [3.05, 3.63) is 59.2 Å². The number of hydrogen-bond acceptors (Lipinski definition) is 6. The normalized spacial score (nSPS) is 14.7. The van der Waals surface area contributed by atoms with Gasteiger partial charge in [-0.3, -0.25) is 9.48 Å². The van der Waals surface area contributed by atoms with Gasteiger partial charge >= 0.3 is 0 Å². The van der Waals surface area contributed by atoms with Crippen LogP contribution in [0.4, 0.5) is 0 Å². The number of aromatic nitrogens is 6. The summed E-state index contributed by atoms with van der Waals surface area (Å²) < 4.78 is 3.52. The molecule has 3 aromatic rings. The van der Waals surface area contributed by atoms with E-state index >= 15 is 0 Å². The van der Waals surface area contributed by atoms with Crippen molar-refractivity contribution < 1.29 is 4.79 Å². The summed E-state index contributed by atoms with van der Waals surface area (Å²) in [4.78, 5) is 12.9. The first-order valence-electron chi connectivity index (χ1n) is 8.56. The second-order valence-corrected chi connectivity index (χ2v) is 6.23. The third-order valence-electron chi connectivity index (χ3n) is 4.43. The molecule has 1 aromatic carbocycles. The Morgan fingerprint density at radius 1 is 1.35 bits per heavy atom. The largest absolute Gasteiger partial charge is 0.348 e. The molecule has 1 atom stereocenters. The fourth-order valence-corrected chi connectivity index (χ4v) is 3.13. The lowest BCUT2D eigenvalue weighted by Gasteiger charge is -2.17. The Hall–Kier alpha value is -3.07. The van der Waals surface area contributed by atoms with Crippen LogP contribution < -0.4 is 10.6 Å². The number of nitrogens with one attached hydrogen (secondary N) is 2. The van der Waals surface area contributed by atoms with Crippen molar-refractivity contribution in [1.29, 1.82) is 0 Å². The van der Waals surface area contributed by atoms with Gasteiger partial charge in [0.25, 0.3) is 0 Å². The Bertz CT molecular complexity index is 877. The van der Waals surface area contributed by atoms with E-state index in [0.717, 1.165) is 36.6 Å². The van der Waals surface area contributed by atoms with Gasteiger partial charge in [0.05, 0.1) is 24.5 Å². The maximum absolute atomic E-state index is 12.9. The molecule has 134 valence electrons. The molecule has 0 spiro atoms. The van der Waals surface area contributed by atoms with Gasteiger partial charge in [-0.2, -0.15) is 5.10 Å². The first-order valence-corrected chi connectivity index (χ1v) is 8.56. The molecule has 9 nitrogen and oxygen atoms in total. The summed E-state index contributed by atoms with van der Waals surface area (Å²) in [7, 11) is 0. The third-order valence-corrected chi connectivity index (χ3v) is 4.43. The molecule has 0 saturated heterocycles. The summed E-state index contributed by atoms with van der Waals surface area (Å²) in [5, 5.41) is 22.4. The first kappa shape index (κ1) is 16.4. The lowest BCUT2D eigenvalue weighted by Crippen LogP contribution is -2.34. The van der Waals surface area contributed by atoms with Crippen LogP contribution in [0.15, 0.2) is 36.4 Å². The topological polar surface area (TPSA) is 103 Å². The van der Waals surface area contributed by atoms with E-state index in [4.69, 9.17) is 0 Å². The number of fused-ring (bicyclic) bond motifs is 1. The van der Waals surface area contributed by atoms with Gasteiger partial charge in [0.1, 0.15) is 5.82 Å². The number of amides is 1. The van der Waals surface area contributed by atoms with E-state index in [1.807, 2.05) is 41.1 Å². The summed E-state index contributed by atoms with van der Waals surface area (Å²) in [6.45, 7) is 4.70. The number of rotatable bonds is 5. The van der Waals surface area contributed by atoms with E-state index in [-0.39, 0.29) is 5.91 Å². The van der Waals surface area contributed by atoms with Gasteiger partial charge in [0.2, 0.25) is 5.91 Å². The summed E-state index contributed by atoms with van der Waals surface area (Å²) in [5.41, 5.74) is 2.81. The van der Waals surface area contributed by atoms with E-state index in [0.29, 0.717) is 12.4 Å². The SMILES string of the molecule is Cc1nnnn1[C@H](C(=O)NCc1cc2n(n1)CCNC2)c1ccccc1. The number of nitrogens with zero attached hydrogens (tertiary/aromatic N) is 6. The van der Waals surface area contributed by atoms with Crippen LogP contribution in [0.25, 0.3) is 0 Å². The van der Waals surface area contributed by atoms with Crippen molar-refractivity contribution in [2.75, 3.05) is 6.54 Å². The van der Waals surface area contributed by atoms with Crippen LogP contribution in [-0.2, 0) is 24.4 Å². The first-order chi connectivity index (χ1) is 12.7. The smallest absolute Gasteiger partial charge is 0.249 e. The van der Waals surface area contributed by atoms with Crippen molar-refractivity contribution in [2.24, 2.45) is 0 Å². The molecule has 1 aliphatic rings. The monoisotopic (exact) mass is 352 g/mol. The third kappa shape index (κ3) is 3.21. The Morgan fingerprint density at radius 2 is 2.19 bits per heavy atom. The standard InChI is InChI=1S/C17H20N8O/c1-12-20-22-23-25(12)16(13-5-3-2-4-6-13)17(26)19-10-14-9-15-11-18-7-8-24(15)21-14/h2-6,9,16,18H,7-8,10-11H2,1H3,(H,19,26)/t16-/m0/s1. The van der Waals surface area contributed by atoms with E-state index in [2.05, 4.69) is 31.3 Å². The number of tetrazole rings is 1. The molecule has 0 saturated carbocycles. The van der Waals surface area contributed by atoms with Crippen LogP contribution in [0.2, 0.25) is 0 Å². The van der Waals surface area contributed by atoms with Crippen LogP contribution >= 0.6 is 0 Å². The van der Waals surface area contributed by atoms with E-state index in [1.165, 1.54) is 4.68 Å². The minimum atomic E-state index is -0.620. The van der Waals surface area contributed by atoms with Crippen molar-refractivity contribution in [3.8, 4) is 0 Å². The van der Waals surface area contributed by atoms with Crippen LogP contribution in [0, 0.1) is 6.92 Å². The number of carbonyl (C=O) groups is 1. The fraction of sp³-hybridized carbons (Fsp3) is 0.353. The highest BCUT2D eigenvalue weighted by Gasteiger charge is 2.25. The second-order valence-electron chi connectivity index (χ2n) is 6.23. The highest BCUT2D eigenvalue weighted by atomic mass is 16.2. The van der Waals surface area contributed by atoms with Gasteiger partial charge in [0, 0.05) is 13.1 Å². The molecule has 2 N–H and O–H groups in total. The summed E-state index contributed by atoms with van der Waals surface area (Å²) in [6, 6.07) is 10.9. The molecule has 1 amide bonds. The zero-order chi connectivity index (χ0) is 17.9. The van der Waals surface area contributed by atoms with Gasteiger partial charge < -0.3 is 10.6 Å². The molecule has 9 heteroatoms. The zero-order valence-corrected chi connectivity index (χ0v) is 14.5. The number of hydrogen-bond donors (Lipinski definition) is 2. The number of benzene rings is 1. The highest BCUT2D eigenvalue weighted by Crippen LogP contribution is 2.18. The van der Waals surface area contributed by atoms with Gasteiger partial charge in [-0.1, -0.05) is 30.3 Å². The van der Waals surface area contributed by atoms with Gasteiger partial charge in [0.15, 0.2) is 6.04 Å². The lowest BCUT2D eigenvalue weighted by atomic mass is 10.1. The Kier molecular flexibility index (Phi) is 4.44. The molecule has 0 aliphatic carbocycles. The molecule has 0 fully saturated rings. The van der Waals surface area contributed by atoms with Gasteiger partial charge in [-0.25, -0.2) is 4.68 Å². The minimum absolute atomic E-state index is 0.171. The van der Waals surface area contributed by atoms with Gasteiger partial charge in [-0.05, 0) is 29.0 Å². The van der Waals surface area contributed by atoms with E-state index in [9.17, 15) is 4.79 Å². The van der Waals surface area contributed by atoms with Crippen LogP contribution in [-0.4, -0.2) is 42.4 Å². The Balaban J connectivity index is 1.53. The predicted octanol–water partition coefficient (Wildman–Crippen LogP) is 0.187. The average Bonchev–Trinajstić information content (AvgIpc) is 3.27. The van der Waals surface area contributed by atoms with Crippen molar-refractivity contribution in [3.63, 3.8) is 0 Å². The van der Waals surface area contributed by atoms with Crippen molar-refractivity contribution >= 4 is 5.91 Å². The van der Waals surface area contributed by atoms with Gasteiger partial charge in [-0.15, -0.1) is 5.10 Å².